The van der Waals surface area contributed by atoms with Crippen molar-refractivity contribution in [2.45, 2.75) is 20.8 Å². The summed E-state index contributed by atoms with van der Waals surface area (Å²) in [6, 6.07) is 2.11. The molecular formula is C10H10N4OS. The molecule has 0 spiro atoms. The first-order chi connectivity index (χ1) is 7.61. The first-order valence-corrected chi connectivity index (χ1v) is 5.50. The van der Waals surface area contributed by atoms with Gasteiger partial charge in [0.15, 0.2) is 0 Å². The Morgan fingerprint density at radius 3 is 2.62 bits per heavy atom. The van der Waals surface area contributed by atoms with Crippen LogP contribution in [0.15, 0.2) is 4.42 Å². The summed E-state index contributed by atoms with van der Waals surface area (Å²) in [4.78, 5) is 0. The molecular weight excluding hydrogens is 224 g/mol. The quantitative estimate of drug-likeness (QED) is 0.864. The molecule has 0 unspecified atom stereocenters. The van der Waals surface area contributed by atoms with Crippen LogP contribution in [-0.2, 0) is 0 Å². The first-order valence-electron chi connectivity index (χ1n) is 4.69. The normalized spacial score (nSPS) is 10.1. The Morgan fingerprint density at radius 1 is 1.31 bits per heavy atom. The van der Waals surface area contributed by atoms with Crippen LogP contribution in [-0.4, -0.2) is 10.2 Å². The molecule has 2 rings (SSSR count). The Labute approximate surface area is 96.7 Å². The highest BCUT2D eigenvalue weighted by Gasteiger charge is 2.15. The lowest BCUT2D eigenvalue weighted by atomic mass is 10.2. The molecule has 0 saturated carbocycles. The van der Waals surface area contributed by atoms with Crippen molar-refractivity contribution in [3.8, 4) is 6.07 Å². The number of nitriles is 1. The fraction of sp³-hybridized carbons (Fsp3) is 0.300. The lowest BCUT2D eigenvalue weighted by Gasteiger charge is -1.96. The van der Waals surface area contributed by atoms with E-state index in [4.69, 9.17) is 9.68 Å². The molecule has 6 heteroatoms. The zero-order valence-electron chi connectivity index (χ0n) is 9.16. The lowest BCUT2D eigenvalue weighted by molar-refractivity contribution is 0.548. The van der Waals surface area contributed by atoms with E-state index in [-0.39, 0.29) is 0 Å². The maximum absolute atomic E-state index is 9.01. The van der Waals surface area contributed by atoms with Gasteiger partial charge in [-0.2, -0.15) is 5.26 Å². The van der Waals surface area contributed by atoms with Gasteiger partial charge in [-0.1, -0.05) is 11.3 Å². The number of hydrogen-bond acceptors (Lipinski definition) is 6. The van der Waals surface area contributed by atoms with Crippen LogP contribution in [0.25, 0.3) is 0 Å². The highest BCUT2D eigenvalue weighted by Crippen LogP contribution is 2.29. The summed E-state index contributed by atoms with van der Waals surface area (Å²) < 4.78 is 5.45. The van der Waals surface area contributed by atoms with Crippen LogP contribution >= 0.6 is 11.3 Å². The van der Waals surface area contributed by atoms with E-state index in [9.17, 15) is 0 Å². The number of aryl methyl sites for hydroxylation is 2. The van der Waals surface area contributed by atoms with Crippen molar-refractivity contribution in [1.29, 1.82) is 5.26 Å². The minimum atomic E-state index is 0.439. The number of nitrogens with one attached hydrogen (secondary N) is 1. The maximum Gasteiger partial charge on any atom is 0.217 e. The molecule has 82 valence electrons. The predicted octanol–water partition coefficient (Wildman–Crippen LogP) is 2.67. The van der Waals surface area contributed by atoms with Gasteiger partial charge in [-0.15, -0.1) is 10.2 Å². The predicted molar refractivity (Wildman–Crippen MR) is 60.8 cm³/mol. The fourth-order valence-corrected chi connectivity index (χ4v) is 1.88. The number of anilines is 2. The molecule has 0 atom stereocenters. The van der Waals surface area contributed by atoms with Crippen LogP contribution in [0.1, 0.15) is 21.9 Å². The minimum absolute atomic E-state index is 0.439. The van der Waals surface area contributed by atoms with E-state index in [1.165, 1.54) is 11.3 Å². The van der Waals surface area contributed by atoms with Gasteiger partial charge in [-0.3, -0.25) is 5.32 Å². The van der Waals surface area contributed by atoms with Crippen molar-refractivity contribution >= 4 is 22.4 Å². The number of furan rings is 1. The molecule has 2 aromatic heterocycles. The molecule has 0 radical (unpaired) electrons. The fourth-order valence-electron chi connectivity index (χ4n) is 1.29. The van der Waals surface area contributed by atoms with E-state index < -0.39 is 0 Å². The van der Waals surface area contributed by atoms with E-state index in [1.54, 1.807) is 0 Å². The van der Waals surface area contributed by atoms with Crippen molar-refractivity contribution in [3.63, 3.8) is 0 Å². The largest absolute Gasteiger partial charge is 0.444 e. The first kappa shape index (κ1) is 10.6. The molecule has 0 saturated heterocycles. The van der Waals surface area contributed by atoms with Gasteiger partial charge in [0.2, 0.25) is 11.0 Å². The summed E-state index contributed by atoms with van der Waals surface area (Å²) in [5.41, 5.74) is 1.37. The van der Waals surface area contributed by atoms with Gasteiger partial charge in [0.25, 0.3) is 0 Å². The van der Waals surface area contributed by atoms with Crippen molar-refractivity contribution < 1.29 is 4.42 Å². The van der Waals surface area contributed by atoms with Gasteiger partial charge in [0, 0.05) is 5.56 Å². The van der Waals surface area contributed by atoms with Crippen molar-refractivity contribution in [3.05, 3.63) is 21.9 Å². The molecule has 0 bridgehead atoms. The third-order valence-electron chi connectivity index (χ3n) is 2.24. The maximum atomic E-state index is 9.01. The lowest BCUT2D eigenvalue weighted by Crippen LogP contribution is -1.90. The average Bonchev–Trinajstić information content (AvgIpc) is 2.74. The molecule has 0 fully saturated rings. The smallest absolute Gasteiger partial charge is 0.217 e. The molecule has 0 amide bonds. The monoisotopic (exact) mass is 234 g/mol. The van der Waals surface area contributed by atoms with E-state index in [0.717, 1.165) is 16.3 Å². The molecule has 2 heterocycles. The molecule has 2 aromatic rings. The van der Waals surface area contributed by atoms with Crippen molar-refractivity contribution in [2.75, 3.05) is 5.32 Å². The van der Waals surface area contributed by atoms with Gasteiger partial charge >= 0.3 is 0 Å². The Morgan fingerprint density at radius 2 is 2.06 bits per heavy atom. The Balaban J connectivity index is 2.35. The van der Waals surface area contributed by atoms with Crippen LogP contribution in [0.5, 0.6) is 0 Å². The molecule has 0 aliphatic carbocycles. The minimum Gasteiger partial charge on any atom is -0.444 e. The molecule has 0 aromatic carbocycles. The van der Waals surface area contributed by atoms with Gasteiger partial charge < -0.3 is 4.42 Å². The van der Waals surface area contributed by atoms with E-state index >= 15 is 0 Å². The standard InChI is InChI=1S/C10H10N4OS/c1-5-6(2)15-9(8(5)4-11)12-10-14-13-7(3)16-10/h1-3H3,(H,12,14). The third kappa shape index (κ3) is 1.77. The molecule has 16 heavy (non-hydrogen) atoms. The SMILES string of the molecule is Cc1nnc(Nc2oc(C)c(C)c2C#N)s1. The second kappa shape index (κ2) is 3.94. The summed E-state index contributed by atoms with van der Waals surface area (Å²) in [5.74, 6) is 1.17. The zero-order valence-corrected chi connectivity index (χ0v) is 9.97. The zero-order chi connectivity index (χ0) is 11.7. The van der Waals surface area contributed by atoms with Crippen LogP contribution < -0.4 is 5.32 Å². The number of aromatic nitrogens is 2. The van der Waals surface area contributed by atoms with E-state index in [0.29, 0.717) is 16.6 Å². The van der Waals surface area contributed by atoms with Crippen LogP contribution in [0.2, 0.25) is 0 Å². The van der Waals surface area contributed by atoms with Crippen LogP contribution in [0.3, 0.4) is 0 Å². The topological polar surface area (TPSA) is 74.7 Å². The summed E-state index contributed by atoms with van der Waals surface area (Å²) >= 11 is 1.41. The van der Waals surface area contributed by atoms with Crippen LogP contribution in [0.4, 0.5) is 11.0 Å². The van der Waals surface area contributed by atoms with E-state index in [1.807, 2.05) is 20.8 Å². The van der Waals surface area contributed by atoms with Gasteiger partial charge in [-0.25, -0.2) is 0 Å². The highest BCUT2D eigenvalue weighted by atomic mass is 32.1. The van der Waals surface area contributed by atoms with E-state index in [2.05, 4.69) is 21.6 Å². The van der Waals surface area contributed by atoms with Gasteiger partial charge in [0.1, 0.15) is 22.4 Å². The molecule has 0 aliphatic heterocycles. The average molecular weight is 234 g/mol. The second-order valence-corrected chi connectivity index (χ2v) is 4.53. The van der Waals surface area contributed by atoms with Crippen LogP contribution in [0, 0.1) is 32.1 Å². The summed E-state index contributed by atoms with van der Waals surface area (Å²) in [6.07, 6.45) is 0. The molecule has 5 nitrogen and oxygen atoms in total. The Kier molecular flexibility index (Phi) is 2.62. The van der Waals surface area contributed by atoms with Gasteiger partial charge in [0.05, 0.1) is 0 Å². The third-order valence-corrected chi connectivity index (χ3v) is 3.00. The number of rotatable bonds is 2. The second-order valence-electron chi connectivity index (χ2n) is 3.35. The Bertz CT molecular complexity index is 564. The van der Waals surface area contributed by atoms with Crippen molar-refractivity contribution in [2.24, 2.45) is 0 Å². The number of nitrogens with zero attached hydrogens (tertiary/aromatic N) is 3. The number of hydrogen-bond donors (Lipinski definition) is 1. The molecule has 1 N–H and O–H groups in total. The summed E-state index contributed by atoms with van der Waals surface area (Å²) in [7, 11) is 0. The highest BCUT2D eigenvalue weighted by molar-refractivity contribution is 7.15. The molecule has 0 aliphatic rings. The summed E-state index contributed by atoms with van der Waals surface area (Å²) in [6.45, 7) is 5.55. The van der Waals surface area contributed by atoms with Gasteiger partial charge in [-0.05, 0) is 20.8 Å². The van der Waals surface area contributed by atoms with Crippen molar-refractivity contribution in [1.82, 2.24) is 10.2 Å². The summed E-state index contributed by atoms with van der Waals surface area (Å²) in [5, 5.41) is 21.3. The Hall–Kier alpha value is -1.87.